The number of benzene rings is 1. The zero-order chi connectivity index (χ0) is 12.3. The first-order valence-corrected chi connectivity index (χ1v) is 8.07. The van der Waals surface area contributed by atoms with E-state index in [9.17, 15) is 0 Å². The maximum Gasteiger partial charge on any atom is 0.0496 e. The standard InChI is InChI=1S/C12H11BrClNS2/c13-10-4-5-16-12(10)11(15)7-17-9-3-1-2-8(14)6-9/h1-6,11H,7,15H2. The summed E-state index contributed by atoms with van der Waals surface area (Å²) in [6.07, 6.45) is 0. The minimum Gasteiger partial charge on any atom is -0.323 e. The van der Waals surface area contributed by atoms with Gasteiger partial charge >= 0.3 is 0 Å². The lowest BCUT2D eigenvalue weighted by atomic mass is 10.3. The fraction of sp³-hybridized carbons (Fsp3) is 0.167. The molecule has 0 aliphatic heterocycles. The number of thioether (sulfide) groups is 1. The molecule has 2 N–H and O–H groups in total. The van der Waals surface area contributed by atoms with E-state index in [0.717, 1.165) is 20.1 Å². The summed E-state index contributed by atoms with van der Waals surface area (Å²) in [5, 5.41) is 2.81. The molecule has 0 bridgehead atoms. The van der Waals surface area contributed by atoms with Crippen molar-refractivity contribution in [2.24, 2.45) is 5.73 Å². The van der Waals surface area contributed by atoms with Crippen molar-refractivity contribution in [3.05, 3.63) is 50.1 Å². The van der Waals surface area contributed by atoms with Crippen LogP contribution in [0.3, 0.4) is 0 Å². The SMILES string of the molecule is NC(CSc1cccc(Cl)c1)c1sccc1Br. The number of hydrogen-bond acceptors (Lipinski definition) is 3. The smallest absolute Gasteiger partial charge is 0.0496 e. The quantitative estimate of drug-likeness (QED) is 0.791. The van der Waals surface area contributed by atoms with E-state index in [1.165, 1.54) is 4.88 Å². The molecule has 0 aliphatic carbocycles. The van der Waals surface area contributed by atoms with Gasteiger partial charge in [0.1, 0.15) is 0 Å². The predicted octanol–water partition coefficient (Wildman–Crippen LogP) is 4.96. The van der Waals surface area contributed by atoms with Gasteiger partial charge in [0.25, 0.3) is 0 Å². The van der Waals surface area contributed by atoms with Crippen LogP contribution in [0.5, 0.6) is 0 Å². The second kappa shape index (κ2) is 6.25. The van der Waals surface area contributed by atoms with E-state index >= 15 is 0 Å². The van der Waals surface area contributed by atoms with Gasteiger partial charge in [-0.1, -0.05) is 17.7 Å². The first kappa shape index (κ1) is 13.4. The molecule has 2 aromatic rings. The van der Waals surface area contributed by atoms with E-state index in [4.69, 9.17) is 17.3 Å². The van der Waals surface area contributed by atoms with Gasteiger partial charge in [0.05, 0.1) is 0 Å². The van der Waals surface area contributed by atoms with Crippen LogP contribution in [0.15, 0.2) is 45.1 Å². The van der Waals surface area contributed by atoms with Crippen molar-refractivity contribution in [3.8, 4) is 0 Å². The fourth-order valence-electron chi connectivity index (χ4n) is 1.39. The lowest BCUT2D eigenvalue weighted by Gasteiger charge is -2.10. The first-order valence-electron chi connectivity index (χ1n) is 5.03. The maximum absolute atomic E-state index is 6.15. The van der Waals surface area contributed by atoms with Crippen molar-refractivity contribution >= 4 is 50.6 Å². The molecule has 0 aliphatic rings. The summed E-state index contributed by atoms with van der Waals surface area (Å²) in [4.78, 5) is 2.35. The Kier molecular flexibility index (Phi) is 4.94. The normalized spacial score (nSPS) is 12.6. The van der Waals surface area contributed by atoms with E-state index in [-0.39, 0.29) is 6.04 Å². The fourth-order valence-corrected chi connectivity index (χ4v) is 4.34. The molecule has 17 heavy (non-hydrogen) atoms. The van der Waals surface area contributed by atoms with Gasteiger partial charge in [-0.2, -0.15) is 0 Å². The molecular weight excluding hydrogens is 338 g/mol. The van der Waals surface area contributed by atoms with Crippen LogP contribution in [0.1, 0.15) is 10.9 Å². The second-order valence-electron chi connectivity index (χ2n) is 3.51. The summed E-state index contributed by atoms with van der Waals surface area (Å²) in [6, 6.07) is 9.92. The first-order chi connectivity index (χ1) is 8.16. The van der Waals surface area contributed by atoms with Crippen molar-refractivity contribution < 1.29 is 0 Å². The molecule has 1 aromatic heterocycles. The summed E-state index contributed by atoms with van der Waals surface area (Å²) < 4.78 is 1.10. The number of thiophene rings is 1. The average Bonchev–Trinajstić information content (AvgIpc) is 2.72. The topological polar surface area (TPSA) is 26.0 Å². The number of hydrogen-bond donors (Lipinski definition) is 1. The molecule has 2 rings (SSSR count). The van der Waals surface area contributed by atoms with Crippen LogP contribution in [-0.4, -0.2) is 5.75 Å². The van der Waals surface area contributed by atoms with Crippen LogP contribution >= 0.6 is 50.6 Å². The molecule has 1 heterocycles. The lowest BCUT2D eigenvalue weighted by Crippen LogP contribution is -2.11. The van der Waals surface area contributed by atoms with Gasteiger partial charge in [-0.3, -0.25) is 0 Å². The van der Waals surface area contributed by atoms with Gasteiger partial charge < -0.3 is 5.73 Å². The van der Waals surface area contributed by atoms with Gasteiger partial charge in [0.2, 0.25) is 0 Å². The third-order valence-corrected chi connectivity index (χ3v) is 5.56. The molecule has 0 spiro atoms. The Labute approximate surface area is 122 Å². The Bertz CT molecular complexity index is 501. The Morgan fingerprint density at radius 1 is 1.41 bits per heavy atom. The van der Waals surface area contributed by atoms with Gasteiger partial charge in [0.15, 0.2) is 0 Å². The van der Waals surface area contributed by atoms with Crippen LogP contribution < -0.4 is 5.73 Å². The zero-order valence-electron chi connectivity index (χ0n) is 8.90. The number of rotatable bonds is 4. The summed E-state index contributed by atoms with van der Waals surface area (Å²) in [7, 11) is 0. The van der Waals surface area contributed by atoms with Crippen LogP contribution in [0.2, 0.25) is 5.02 Å². The number of nitrogens with two attached hydrogens (primary N) is 1. The molecule has 1 aromatic carbocycles. The van der Waals surface area contributed by atoms with Gasteiger partial charge in [0, 0.05) is 31.1 Å². The summed E-state index contributed by atoms with van der Waals surface area (Å²) in [6.45, 7) is 0. The van der Waals surface area contributed by atoms with Crippen LogP contribution in [-0.2, 0) is 0 Å². The highest BCUT2D eigenvalue weighted by molar-refractivity contribution is 9.10. The van der Waals surface area contributed by atoms with Crippen LogP contribution in [0.25, 0.3) is 0 Å². The van der Waals surface area contributed by atoms with Gasteiger partial charge in [-0.15, -0.1) is 23.1 Å². The van der Waals surface area contributed by atoms with Crippen molar-refractivity contribution in [1.82, 2.24) is 0 Å². The third kappa shape index (κ3) is 3.73. The van der Waals surface area contributed by atoms with Crippen molar-refractivity contribution in [2.75, 3.05) is 5.75 Å². The van der Waals surface area contributed by atoms with Crippen molar-refractivity contribution in [3.63, 3.8) is 0 Å². The summed E-state index contributed by atoms with van der Waals surface area (Å²) in [5.41, 5.74) is 6.15. The molecule has 0 saturated carbocycles. The summed E-state index contributed by atoms with van der Waals surface area (Å²) in [5.74, 6) is 0.847. The molecule has 1 atom stereocenters. The lowest BCUT2D eigenvalue weighted by molar-refractivity contribution is 0.848. The van der Waals surface area contributed by atoms with Gasteiger partial charge in [-0.25, -0.2) is 0 Å². The average molecular weight is 349 g/mol. The molecule has 1 nitrogen and oxygen atoms in total. The Balaban J connectivity index is 1.97. The molecular formula is C12H11BrClNS2. The van der Waals surface area contributed by atoms with E-state index in [2.05, 4.69) is 15.9 Å². The van der Waals surface area contributed by atoms with Crippen LogP contribution in [0.4, 0.5) is 0 Å². The molecule has 0 fully saturated rings. The van der Waals surface area contributed by atoms with E-state index in [1.54, 1.807) is 23.1 Å². The van der Waals surface area contributed by atoms with Crippen LogP contribution in [0, 0.1) is 0 Å². The van der Waals surface area contributed by atoms with E-state index in [1.807, 2.05) is 35.7 Å². The molecule has 90 valence electrons. The molecule has 0 saturated heterocycles. The highest BCUT2D eigenvalue weighted by Crippen LogP contribution is 2.31. The predicted molar refractivity (Wildman–Crippen MR) is 81.1 cm³/mol. The van der Waals surface area contributed by atoms with Crippen molar-refractivity contribution in [1.29, 1.82) is 0 Å². The Morgan fingerprint density at radius 2 is 2.24 bits per heavy atom. The Hall–Kier alpha value is -0.000000000000000111. The number of halogens is 2. The van der Waals surface area contributed by atoms with E-state index < -0.39 is 0 Å². The monoisotopic (exact) mass is 347 g/mol. The minimum absolute atomic E-state index is 0.0494. The summed E-state index contributed by atoms with van der Waals surface area (Å²) >= 11 is 12.9. The molecule has 5 heteroatoms. The van der Waals surface area contributed by atoms with Crippen molar-refractivity contribution in [2.45, 2.75) is 10.9 Å². The molecule has 1 unspecified atom stereocenters. The highest BCUT2D eigenvalue weighted by atomic mass is 79.9. The molecule has 0 radical (unpaired) electrons. The Morgan fingerprint density at radius 3 is 2.88 bits per heavy atom. The highest BCUT2D eigenvalue weighted by Gasteiger charge is 2.11. The maximum atomic E-state index is 6.15. The van der Waals surface area contributed by atoms with E-state index in [0.29, 0.717) is 0 Å². The minimum atomic E-state index is 0.0494. The zero-order valence-corrected chi connectivity index (χ0v) is 12.9. The van der Waals surface area contributed by atoms with Gasteiger partial charge in [-0.05, 0) is 45.6 Å². The molecule has 0 amide bonds. The largest absolute Gasteiger partial charge is 0.323 e. The third-order valence-electron chi connectivity index (χ3n) is 2.21. The second-order valence-corrected chi connectivity index (χ2v) is 6.84.